The molecule has 3 atom stereocenters. The summed E-state index contributed by atoms with van der Waals surface area (Å²) in [6, 6.07) is 21.2. The van der Waals surface area contributed by atoms with Crippen molar-refractivity contribution < 1.29 is 28.7 Å². The Morgan fingerprint density at radius 2 is 1.27 bits per heavy atom. The number of rotatable bonds is 7. The van der Waals surface area contributed by atoms with Gasteiger partial charge in [0.05, 0.1) is 25.4 Å². The predicted molar refractivity (Wildman–Crippen MR) is 147 cm³/mol. The Balaban J connectivity index is 1.22. The highest BCUT2D eigenvalue weighted by atomic mass is 35.5. The molecule has 1 heterocycles. The number of amides is 2. The molecule has 0 aromatic heterocycles. The van der Waals surface area contributed by atoms with Crippen molar-refractivity contribution in [1.82, 2.24) is 4.90 Å². The van der Waals surface area contributed by atoms with Gasteiger partial charge in [0.1, 0.15) is 15.5 Å². The number of Topliss-reactive ketones (excluding diaryl/α,β-unsaturated/α-hetero) is 1. The molecule has 2 amide bonds. The van der Waals surface area contributed by atoms with E-state index < -0.39 is 45.5 Å². The van der Waals surface area contributed by atoms with Crippen molar-refractivity contribution in [2.24, 2.45) is 11.8 Å². The van der Waals surface area contributed by atoms with Crippen LogP contribution in [0.2, 0.25) is 0 Å². The number of benzene rings is 3. The highest BCUT2D eigenvalue weighted by molar-refractivity contribution is 6.36. The zero-order valence-electron chi connectivity index (χ0n) is 21.7. The van der Waals surface area contributed by atoms with Gasteiger partial charge in [0, 0.05) is 12.1 Å². The van der Waals surface area contributed by atoms with E-state index in [4.69, 9.17) is 32.7 Å². The first-order valence-corrected chi connectivity index (χ1v) is 13.7. The monoisotopic (exact) mass is 577 g/mol. The van der Waals surface area contributed by atoms with E-state index in [9.17, 15) is 19.2 Å². The molecule has 3 aromatic carbocycles. The molecule has 7 nitrogen and oxygen atoms in total. The number of ether oxygens (including phenoxy) is 2. The van der Waals surface area contributed by atoms with Gasteiger partial charge in [-0.15, -0.1) is 23.2 Å². The van der Waals surface area contributed by atoms with Gasteiger partial charge in [-0.2, -0.15) is 0 Å². The Bertz CT molecular complexity index is 1450. The first-order valence-electron chi connectivity index (χ1n) is 12.9. The second-order valence-corrected chi connectivity index (χ2v) is 11.5. The van der Waals surface area contributed by atoms with Crippen LogP contribution in [0.5, 0.6) is 5.75 Å². The second-order valence-electron chi connectivity index (χ2n) is 10.3. The molecular formula is C31H25Cl2NO6. The van der Waals surface area contributed by atoms with Gasteiger partial charge in [-0.1, -0.05) is 48.5 Å². The molecule has 4 aliphatic rings. The van der Waals surface area contributed by atoms with Crippen LogP contribution in [0, 0.1) is 11.8 Å². The van der Waals surface area contributed by atoms with Gasteiger partial charge >= 0.3 is 5.97 Å². The summed E-state index contributed by atoms with van der Waals surface area (Å²) in [7, 11) is 1.52. The first-order chi connectivity index (χ1) is 19.1. The standard InChI is InChI=1S/C31H25Cl2NO6/c1-17(27(36)18-11-13-19(39-2)14-12-18)40-24(35)15-16-34-28(37)25-26(29(34)38)31(33)21-8-4-3-7-20(21)30(25,32)22-9-5-6-10-23(22)31/h3-14,17,25-26H,15-16H2,1-2H3/t17-,25-,26-,30?,31?/m0/s1. The fraction of sp³-hybridized carbons (Fsp3) is 0.290. The molecule has 3 aromatic rings. The van der Waals surface area contributed by atoms with Crippen LogP contribution in [-0.2, 0) is 28.9 Å². The van der Waals surface area contributed by atoms with Gasteiger partial charge in [0.2, 0.25) is 17.6 Å². The third-order valence-electron chi connectivity index (χ3n) is 8.27. The minimum Gasteiger partial charge on any atom is -0.497 e. The lowest BCUT2D eigenvalue weighted by Gasteiger charge is -2.54. The van der Waals surface area contributed by atoms with E-state index in [-0.39, 0.29) is 18.7 Å². The largest absolute Gasteiger partial charge is 0.497 e. The Kier molecular flexibility index (Phi) is 6.28. The highest BCUT2D eigenvalue weighted by Crippen LogP contribution is 2.69. The molecule has 2 bridgehead atoms. The number of halogens is 2. The fourth-order valence-electron chi connectivity index (χ4n) is 6.45. The maximum atomic E-state index is 13.8. The Morgan fingerprint density at radius 3 is 1.70 bits per heavy atom. The highest BCUT2D eigenvalue weighted by Gasteiger charge is 2.72. The summed E-state index contributed by atoms with van der Waals surface area (Å²) in [5, 5.41) is 0. The lowest BCUT2D eigenvalue weighted by molar-refractivity contribution is -0.148. The van der Waals surface area contributed by atoms with Crippen molar-refractivity contribution in [3.05, 3.63) is 101 Å². The average molecular weight is 578 g/mol. The number of carbonyl (C=O) groups excluding carboxylic acids is 4. The van der Waals surface area contributed by atoms with Crippen LogP contribution < -0.4 is 4.74 Å². The quantitative estimate of drug-likeness (QED) is 0.173. The molecule has 1 saturated heterocycles. The molecule has 204 valence electrons. The number of likely N-dealkylation sites (tertiary alicyclic amines) is 1. The molecule has 0 spiro atoms. The van der Waals surface area contributed by atoms with Crippen molar-refractivity contribution in [1.29, 1.82) is 0 Å². The number of hydrogen-bond donors (Lipinski definition) is 0. The zero-order chi connectivity index (χ0) is 28.4. The lowest BCUT2D eigenvalue weighted by Crippen LogP contribution is -2.57. The van der Waals surface area contributed by atoms with Crippen LogP contribution in [0.15, 0.2) is 72.8 Å². The molecular weight excluding hydrogens is 553 g/mol. The SMILES string of the molecule is COc1ccc(C(=O)[C@H](C)OC(=O)CCN2C(=O)[C@@H]3[C@@H](C2=O)C2(Cl)c4ccccc4C3(Cl)c3ccccc32)cc1. The molecule has 40 heavy (non-hydrogen) atoms. The van der Waals surface area contributed by atoms with E-state index in [0.29, 0.717) is 33.6 Å². The maximum Gasteiger partial charge on any atom is 0.308 e. The summed E-state index contributed by atoms with van der Waals surface area (Å²) >= 11 is 14.8. The summed E-state index contributed by atoms with van der Waals surface area (Å²) in [5.74, 6) is -3.32. The van der Waals surface area contributed by atoms with E-state index >= 15 is 0 Å². The van der Waals surface area contributed by atoms with Crippen molar-refractivity contribution >= 4 is 46.8 Å². The van der Waals surface area contributed by atoms with E-state index in [2.05, 4.69) is 0 Å². The summed E-state index contributed by atoms with van der Waals surface area (Å²) < 4.78 is 10.4. The minimum atomic E-state index is -1.28. The molecule has 0 radical (unpaired) electrons. The number of esters is 1. The zero-order valence-corrected chi connectivity index (χ0v) is 23.2. The van der Waals surface area contributed by atoms with Crippen molar-refractivity contribution in [2.45, 2.75) is 29.2 Å². The molecule has 0 unspecified atom stereocenters. The van der Waals surface area contributed by atoms with E-state index in [0.717, 1.165) is 4.90 Å². The van der Waals surface area contributed by atoms with Gasteiger partial charge in [0.15, 0.2) is 6.10 Å². The Morgan fingerprint density at radius 1 is 0.825 bits per heavy atom. The first kappa shape index (κ1) is 26.5. The molecule has 1 aliphatic heterocycles. The van der Waals surface area contributed by atoms with Gasteiger partial charge in [-0.3, -0.25) is 24.1 Å². The van der Waals surface area contributed by atoms with Crippen LogP contribution in [0.3, 0.4) is 0 Å². The number of hydrogen-bond acceptors (Lipinski definition) is 6. The molecule has 1 fully saturated rings. The number of nitrogens with zero attached hydrogens (tertiary/aromatic N) is 1. The molecule has 7 rings (SSSR count). The fourth-order valence-corrected chi connectivity index (χ4v) is 7.55. The summed E-state index contributed by atoms with van der Waals surface area (Å²) in [5.41, 5.74) is 3.20. The Hall–Kier alpha value is -3.68. The molecule has 3 aliphatic carbocycles. The average Bonchev–Trinajstić information content (AvgIpc) is 3.24. The van der Waals surface area contributed by atoms with Crippen LogP contribution in [-0.4, -0.2) is 48.2 Å². The third-order valence-corrected chi connectivity index (χ3v) is 9.55. The summed E-state index contributed by atoms with van der Waals surface area (Å²) in [4.78, 5) is 51.6. The van der Waals surface area contributed by atoms with Gasteiger partial charge in [-0.05, 0) is 53.4 Å². The van der Waals surface area contributed by atoms with Gasteiger partial charge in [0.25, 0.3) is 0 Å². The third kappa shape index (κ3) is 3.57. The minimum absolute atomic E-state index is 0.209. The maximum absolute atomic E-state index is 13.8. The van der Waals surface area contributed by atoms with Crippen molar-refractivity contribution in [3.8, 4) is 5.75 Å². The number of methoxy groups -OCH3 is 1. The van der Waals surface area contributed by atoms with Crippen LogP contribution in [0.4, 0.5) is 0 Å². The van der Waals surface area contributed by atoms with Gasteiger partial charge < -0.3 is 9.47 Å². The lowest BCUT2D eigenvalue weighted by atomic mass is 9.54. The summed E-state index contributed by atoms with van der Waals surface area (Å²) in [6.07, 6.45) is -1.33. The van der Waals surface area contributed by atoms with E-state index in [1.807, 2.05) is 48.5 Å². The predicted octanol–water partition coefficient (Wildman–Crippen LogP) is 4.79. The summed E-state index contributed by atoms with van der Waals surface area (Å²) in [6.45, 7) is 1.27. The molecule has 0 N–H and O–H groups in total. The normalized spacial score (nSPS) is 26.6. The topological polar surface area (TPSA) is 90.0 Å². The number of ketones is 1. The van der Waals surface area contributed by atoms with Gasteiger partial charge in [-0.25, -0.2) is 0 Å². The number of alkyl halides is 2. The van der Waals surface area contributed by atoms with E-state index in [1.165, 1.54) is 14.0 Å². The number of imide groups is 1. The van der Waals surface area contributed by atoms with Crippen molar-refractivity contribution in [2.75, 3.05) is 13.7 Å². The smallest absolute Gasteiger partial charge is 0.308 e. The van der Waals surface area contributed by atoms with Crippen LogP contribution >= 0.6 is 23.2 Å². The van der Waals surface area contributed by atoms with E-state index in [1.54, 1.807) is 24.3 Å². The van der Waals surface area contributed by atoms with Crippen LogP contribution in [0.1, 0.15) is 46.0 Å². The number of carbonyl (C=O) groups is 4. The molecule has 0 saturated carbocycles. The second kappa shape index (κ2) is 9.46. The molecule has 9 heteroatoms. The Labute approximate surface area is 241 Å². The van der Waals surface area contributed by atoms with Crippen molar-refractivity contribution in [3.63, 3.8) is 0 Å². The van der Waals surface area contributed by atoms with Crippen LogP contribution in [0.25, 0.3) is 0 Å².